The van der Waals surface area contributed by atoms with Crippen LogP contribution in [0.4, 0.5) is 0 Å². The van der Waals surface area contributed by atoms with Crippen molar-refractivity contribution in [2.75, 3.05) is 39.4 Å². The van der Waals surface area contributed by atoms with Crippen LogP contribution in [0.1, 0.15) is 30.6 Å². The Balaban J connectivity index is 1.48. The first-order valence-electron chi connectivity index (χ1n) is 11.1. The number of carbonyl (C=O) groups excluding carboxylic acids is 2. The molecular weight excluding hydrogens is 448 g/mol. The van der Waals surface area contributed by atoms with Gasteiger partial charge in [-0.05, 0) is 48.9 Å². The molecule has 0 aliphatic carbocycles. The Morgan fingerprint density at radius 2 is 1.91 bits per heavy atom. The Morgan fingerprint density at radius 3 is 2.66 bits per heavy atom. The second-order valence-corrected chi connectivity index (χ2v) is 9.94. The largest absolute Gasteiger partial charge is 0.490 e. The molecule has 2 saturated heterocycles. The van der Waals surface area contributed by atoms with Crippen LogP contribution in [-0.2, 0) is 20.7 Å². The number of piperidine rings is 1. The Bertz CT molecular complexity index is 916. The molecule has 0 saturated carbocycles. The lowest BCUT2D eigenvalue weighted by molar-refractivity contribution is -0.165. The van der Waals surface area contributed by atoms with Crippen LogP contribution in [0.25, 0.3) is 0 Å². The maximum Gasteiger partial charge on any atom is 0.228 e. The zero-order valence-corrected chi connectivity index (χ0v) is 19.7. The number of hydrogen-bond donors (Lipinski definition) is 0. The molecule has 4 rings (SSSR count). The SMILES string of the molecule is O=C(CC1(COc2cccc(Cl)c2)CN(C(=O)Cc2cccs2)CCO1)N1CCCCC1. The molecule has 2 fully saturated rings. The normalized spacial score (nSPS) is 21.4. The molecule has 0 N–H and O–H groups in total. The Morgan fingerprint density at radius 1 is 1.06 bits per heavy atom. The van der Waals surface area contributed by atoms with Gasteiger partial charge in [0.1, 0.15) is 18.0 Å². The van der Waals surface area contributed by atoms with E-state index in [0.29, 0.717) is 36.9 Å². The van der Waals surface area contributed by atoms with E-state index >= 15 is 0 Å². The van der Waals surface area contributed by atoms with E-state index in [1.54, 1.807) is 23.5 Å². The van der Waals surface area contributed by atoms with Crippen molar-refractivity contribution < 1.29 is 19.1 Å². The number of amides is 2. The molecule has 1 aromatic carbocycles. The number of benzene rings is 1. The Labute approximate surface area is 198 Å². The highest BCUT2D eigenvalue weighted by Gasteiger charge is 2.42. The van der Waals surface area contributed by atoms with Crippen molar-refractivity contribution >= 4 is 34.8 Å². The van der Waals surface area contributed by atoms with Crippen LogP contribution in [0, 0.1) is 0 Å². The van der Waals surface area contributed by atoms with Gasteiger partial charge in [0, 0.05) is 29.5 Å². The lowest BCUT2D eigenvalue weighted by atomic mass is 9.96. The second kappa shape index (κ2) is 10.7. The molecular formula is C24H29ClN2O4S. The third kappa shape index (κ3) is 6.03. The Hall–Kier alpha value is -2.09. The number of morpholine rings is 1. The van der Waals surface area contributed by atoms with Gasteiger partial charge in [-0.1, -0.05) is 23.7 Å². The van der Waals surface area contributed by atoms with Crippen LogP contribution in [0.2, 0.25) is 5.02 Å². The maximum absolute atomic E-state index is 13.1. The summed E-state index contributed by atoms with van der Waals surface area (Å²) in [6, 6.07) is 11.1. The van der Waals surface area contributed by atoms with Crippen molar-refractivity contribution in [3.8, 4) is 5.75 Å². The van der Waals surface area contributed by atoms with Crippen LogP contribution >= 0.6 is 22.9 Å². The van der Waals surface area contributed by atoms with Gasteiger partial charge in [0.15, 0.2) is 0 Å². The molecule has 172 valence electrons. The standard InChI is InChI=1S/C24H29ClN2O4S/c25-19-6-4-7-20(14-19)30-18-24(16-23(29)26-9-2-1-3-10-26)17-27(11-12-31-24)22(28)15-21-8-5-13-32-21/h4-8,13-14H,1-3,9-12,15-18H2. The topological polar surface area (TPSA) is 59.1 Å². The summed E-state index contributed by atoms with van der Waals surface area (Å²) in [7, 11) is 0. The fourth-order valence-corrected chi connectivity index (χ4v) is 5.16. The van der Waals surface area contributed by atoms with E-state index in [9.17, 15) is 9.59 Å². The number of ether oxygens (including phenoxy) is 2. The quantitative estimate of drug-likeness (QED) is 0.605. The highest BCUT2D eigenvalue weighted by molar-refractivity contribution is 7.10. The fraction of sp³-hybridized carbons (Fsp3) is 0.500. The minimum Gasteiger partial charge on any atom is -0.490 e. The molecule has 0 spiro atoms. The summed E-state index contributed by atoms with van der Waals surface area (Å²) in [5, 5.41) is 2.56. The summed E-state index contributed by atoms with van der Waals surface area (Å²) in [4.78, 5) is 30.9. The van der Waals surface area contributed by atoms with Crippen LogP contribution in [0.5, 0.6) is 5.75 Å². The van der Waals surface area contributed by atoms with E-state index < -0.39 is 5.60 Å². The maximum atomic E-state index is 13.1. The van der Waals surface area contributed by atoms with Gasteiger partial charge < -0.3 is 19.3 Å². The third-order valence-electron chi connectivity index (χ3n) is 5.99. The van der Waals surface area contributed by atoms with E-state index in [-0.39, 0.29) is 24.8 Å². The summed E-state index contributed by atoms with van der Waals surface area (Å²) in [6.45, 7) is 2.96. The fourth-order valence-electron chi connectivity index (χ4n) is 4.28. The molecule has 1 atom stereocenters. The molecule has 1 unspecified atom stereocenters. The molecule has 32 heavy (non-hydrogen) atoms. The molecule has 0 radical (unpaired) electrons. The van der Waals surface area contributed by atoms with Crippen molar-refractivity contribution in [2.45, 2.75) is 37.7 Å². The van der Waals surface area contributed by atoms with Crippen molar-refractivity contribution in [3.05, 3.63) is 51.7 Å². The molecule has 6 nitrogen and oxygen atoms in total. The monoisotopic (exact) mass is 476 g/mol. The molecule has 8 heteroatoms. The Kier molecular flexibility index (Phi) is 7.71. The van der Waals surface area contributed by atoms with E-state index in [1.807, 2.05) is 39.4 Å². The number of nitrogens with zero attached hydrogens (tertiary/aromatic N) is 2. The van der Waals surface area contributed by atoms with Crippen LogP contribution < -0.4 is 4.74 Å². The summed E-state index contributed by atoms with van der Waals surface area (Å²) in [5.74, 6) is 0.730. The number of rotatable bonds is 7. The van der Waals surface area contributed by atoms with Gasteiger partial charge in [0.2, 0.25) is 11.8 Å². The average Bonchev–Trinajstić information content (AvgIpc) is 3.32. The molecule has 2 aliphatic heterocycles. The first-order chi connectivity index (χ1) is 15.5. The number of likely N-dealkylation sites (tertiary alicyclic amines) is 1. The first kappa shape index (κ1) is 23.1. The summed E-state index contributed by atoms with van der Waals surface area (Å²) in [6.07, 6.45) is 3.78. The number of hydrogen-bond acceptors (Lipinski definition) is 5. The zero-order chi connectivity index (χ0) is 22.4. The highest BCUT2D eigenvalue weighted by Crippen LogP contribution is 2.27. The molecule has 1 aromatic heterocycles. The molecule has 3 heterocycles. The molecule has 2 aliphatic rings. The lowest BCUT2D eigenvalue weighted by Crippen LogP contribution is -2.58. The van der Waals surface area contributed by atoms with E-state index in [0.717, 1.165) is 37.2 Å². The number of carbonyl (C=O) groups is 2. The van der Waals surface area contributed by atoms with Gasteiger partial charge in [-0.25, -0.2) is 0 Å². The number of thiophene rings is 1. The summed E-state index contributed by atoms with van der Waals surface area (Å²) < 4.78 is 12.2. The molecule has 2 amide bonds. The average molecular weight is 477 g/mol. The number of halogens is 1. The van der Waals surface area contributed by atoms with Gasteiger partial charge in [0.25, 0.3) is 0 Å². The van der Waals surface area contributed by atoms with Crippen molar-refractivity contribution in [2.24, 2.45) is 0 Å². The summed E-state index contributed by atoms with van der Waals surface area (Å²) in [5.41, 5.74) is -0.889. The second-order valence-electron chi connectivity index (χ2n) is 8.47. The highest BCUT2D eigenvalue weighted by atomic mass is 35.5. The van der Waals surface area contributed by atoms with Crippen molar-refractivity contribution in [1.29, 1.82) is 0 Å². The van der Waals surface area contributed by atoms with Crippen molar-refractivity contribution in [3.63, 3.8) is 0 Å². The lowest BCUT2D eigenvalue weighted by Gasteiger charge is -2.43. The van der Waals surface area contributed by atoms with Gasteiger partial charge in [-0.2, -0.15) is 0 Å². The van der Waals surface area contributed by atoms with Gasteiger partial charge in [-0.3, -0.25) is 9.59 Å². The first-order valence-corrected chi connectivity index (χ1v) is 12.4. The molecule has 2 aromatic rings. The zero-order valence-electron chi connectivity index (χ0n) is 18.1. The molecule has 0 bridgehead atoms. The van der Waals surface area contributed by atoms with Crippen LogP contribution in [-0.4, -0.2) is 66.6 Å². The van der Waals surface area contributed by atoms with Crippen molar-refractivity contribution in [1.82, 2.24) is 9.80 Å². The van der Waals surface area contributed by atoms with E-state index in [1.165, 1.54) is 0 Å². The minimum atomic E-state index is -0.889. The summed E-state index contributed by atoms with van der Waals surface area (Å²) >= 11 is 7.67. The predicted molar refractivity (Wildman–Crippen MR) is 125 cm³/mol. The minimum absolute atomic E-state index is 0.0494. The van der Waals surface area contributed by atoms with Gasteiger partial charge in [0.05, 0.1) is 26.0 Å². The van der Waals surface area contributed by atoms with Crippen LogP contribution in [0.15, 0.2) is 41.8 Å². The van der Waals surface area contributed by atoms with Gasteiger partial charge >= 0.3 is 0 Å². The smallest absolute Gasteiger partial charge is 0.228 e. The predicted octanol–water partition coefficient (Wildman–Crippen LogP) is 4.02. The van der Waals surface area contributed by atoms with E-state index in [4.69, 9.17) is 21.1 Å². The third-order valence-corrected chi connectivity index (χ3v) is 7.10. The van der Waals surface area contributed by atoms with Gasteiger partial charge in [-0.15, -0.1) is 11.3 Å². The van der Waals surface area contributed by atoms with Crippen LogP contribution in [0.3, 0.4) is 0 Å². The van der Waals surface area contributed by atoms with E-state index in [2.05, 4.69) is 0 Å².